The van der Waals surface area contributed by atoms with Gasteiger partial charge in [-0.3, -0.25) is 0 Å². The molecule has 0 radical (unpaired) electrons. The summed E-state index contributed by atoms with van der Waals surface area (Å²) < 4.78 is 1.32. The molecule has 0 spiro atoms. The Bertz CT molecular complexity index is 109. The fourth-order valence-electron chi connectivity index (χ4n) is 2.02. The average molecular weight is 364 g/mol. The zero-order valence-electron chi connectivity index (χ0n) is 11.9. The molecule has 0 aliphatic rings. The Morgan fingerprint density at radius 2 is 1.12 bits per heavy atom. The first-order valence-electron chi connectivity index (χ1n) is 6.09. The van der Waals surface area contributed by atoms with Crippen molar-refractivity contribution in [2.45, 2.75) is 53.4 Å². The third-order valence-electron chi connectivity index (χ3n) is 3.50. The van der Waals surface area contributed by atoms with E-state index in [1.165, 1.54) is 56.3 Å². The van der Waals surface area contributed by atoms with Gasteiger partial charge in [-0.15, -0.1) is 0 Å². The van der Waals surface area contributed by atoms with Crippen molar-refractivity contribution in [1.82, 2.24) is 6.15 Å². The molecular weight excluding hydrogens is 332 g/mol. The lowest BCUT2D eigenvalue weighted by Gasteiger charge is -2.35. The molecule has 0 fully saturated rings. The molecule has 0 aromatic carbocycles. The third-order valence-corrected chi connectivity index (χ3v) is 3.50. The fraction of sp³-hybridized carbons (Fsp3) is 1.00. The Kier molecular flexibility index (Phi) is 25.5. The monoisotopic (exact) mass is 362 g/mol. The number of quaternary nitrogens is 2. The molecule has 0 aromatic rings. The van der Waals surface area contributed by atoms with Crippen molar-refractivity contribution in [3.63, 3.8) is 0 Å². The van der Waals surface area contributed by atoms with Crippen molar-refractivity contribution in [2.75, 3.05) is 26.2 Å². The zero-order valence-corrected chi connectivity index (χ0v) is 15.0. The van der Waals surface area contributed by atoms with E-state index in [4.69, 9.17) is 0 Å². The number of rotatable bonds is 8. The smallest absolute Gasteiger partial charge is 0.0786 e. The molecule has 2 nitrogen and oxygen atoms in total. The Labute approximate surface area is 124 Å². The lowest BCUT2D eigenvalue weighted by molar-refractivity contribution is -0.923. The van der Waals surface area contributed by atoms with Crippen LogP contribution >= 0.6 is 0 Å². The van der Waals surface area contributed by atoms with Crippen LogP contribution in [-0.2, 0) is 0 Å². The first-order valence-corrected chi connectivity index (χ1v) is 6.09. The van der Waals surface area contributed by atoms with Crippen LogP contribution in [0.5, 0.6) is 0 Å². The maximum atomic E-state index is 2.33. The Balaban J connectivity index is -0.000000240. The molecule has 0 unspecified atom stereocenters. The fourth-order valence-corrected chi connectivity index (χ4v) is 2.02. The summed E-state index contributed by atoms with van der Waals surface area (Å²) in [7, 11) is 0. The van der Waals surface area contributed by atoms with E-state index in [2.05, 4.69) is 27.7 Å². The van der Waals surface area contributed by atoms with Gasteiger partial charge in [0.05, 0.1) is 26.2 Å². The van der Waals surface area contributed by atoms with E-state index in [0.29, 0.717) is 0 Å². The summed E-state index contributed by atoms with van der Waals surface area (Å²) in [5.74, 6) is 0. The second-order valence-corrected chi connectivity index (χ2v) is 4.07. The van der Waals surface area contributed by atoms with Gasteiger partial charge in [0, 0.05) is 0 Å². The van der Waals surface area contributed by atoms with Gasteiger partial charge in [0.1, 0.15) is 0 Å². The highest BCUT2D eigenvalue weighted by molar-refractivity contribution is 4.43. The van der Waals surface area contributed by atoms with Crippen molar-refractivity contribution in [1.29, 1.82) is 0 Å². The number of halogens is 2. The molecule has 0 rings (SSSR count). The SMILES string of the molecule is CCCCCC[N+](CC)(CC)CC.[Br-].[Br-].[NH4+]. The van der Waals surface area contributed by atoms with Crippen LogP contribution in [0.2, 0.25) is 0 Å². The van der Waals surface area contributed by atoms with Crippen molar-refractivity contribution in [2.24, 2.45) is 0 Å². The summed E-state index contributed by atoms with van der Waals surface area (Å²) in [4.78, 5) is 0. The molecule has 16 heavy (non-hydrogen) atoms. The first-order chi connectivity index (χ1) is 6.24. The average Bonchev–Trinajstić information content (AvgIpc) is 2.20. The van der Waals surface area contributed by atoms with E-state index >= 15 is 0 Å². The van der Waals surface area contributed by atoms with Gasteiger partial charge in [0.25, 0.3) is 0 Å². The lowest BCUT2D eigenvalue weighted by Crippen LogP contribution is -3.00. The predicted molar refractivity (Wildman–Crippen MR) is 66.9 cm³/mol. The molecule has 0 aromatic heterocycles. The minimum Gasteiger partial charge on any atom is -1.00 e. The number of hydrogen-bond donors (Lipinski definition) is 1. The highest BCUT2D eigenvalue weighted by Gasteiger charge is 2.19. The summed E-state index contributed by atoms with van der Waals surface area (Å²) in [5, 5.41) is 0. The molecule has 4 N–H and O–H groups in total. The van der Waals surface area contributed by atoms with Gasteiger partial charge >= 0.3 is 0 Å². The summed E-state index contributed by atoms with van der Waals surface area (Å²) in [5.41, 5.74) is 0. The van der Waals surface area contributed by atoms with Crippen LogP contribution in [0.3, 0.4) is 0 Å². The maximum absolute atomic E-state index is 2.33. The van der Waals surface area contributed by atoms with E-state index in [1.54, 1.807) is 0 Å². The molecule has 104 valence electrons. The molecule has 0 amide bonds. The molecule has 0 bridgehead atoms. The third kappa shape index (κ3) is 10.1. The van der Waals surface area contributed by atoms with Gasteiger partial charge in [0.15, 0.2) is 0 Å². The van der Waals surface area contributed by atoms with Crippen LogP contribution in [0.15, 0.2) is 0 Å². The van der Waals surface area contributed by atoms with Crippen molar-refractivity contribution in [3.8, 4) is 0 Å². The minimum atomic E-state index is 0. The summed E-state index contributed by atoms with van der Waals surface area (Å²) in [6.45, 7) is 14.6. The number of hydrogen-bond acceptors (Lipinski definition) is 0. The van der Waals surface area contributed by atoms with Crippen molar-refractivity contribution in [3.05, 3.63) is 0 Å². The second-order valence-electron chi connectivity index (χ2n) is 4.07. The Morgan fingerprint density at radius 3 is 1.44 bits per heavy atom. The molecule has 0 atom stereocenters. The Hall–Kier alpha value is 0.880. The first kappa shape index (κ1) is 25.7. The van der Waals surface area contributed by atoms with Gasteiger partial charge in [-0.2, -0.15) is 0 Å². The molecule has 4 heteroatoms. The molecule has 0 aliphatic carbocycles. The second kappa shape index (κ2) is 15.9. The van der Waals surface area contributed by atoms with E-state index in [0.717, 1.165) is 0 Å². The molecule has 0 heterocycles. The minimum absolute atomic E-state index is 0. The topological polar surface area (TPSA) is 36.5 Å². The summed E-state index contributed by atoms with van der Waals surface area (Å²) >= 11 is 0. The summed E-state index contributed by atoms with van der Waals surface area (Å²) in [6.07, 6.45) is 5.61. The predicted octanol–water partition coefficient (Wildman–Crippen LogP) is -2.17. The quantitative estimate of drug-likeness (QED) is 0.376. The van der Waals surface area contributed by atoms with E-state index < -0.39 is 0 Å². The highest BCUT2D eigenvalue weighted by Crippen LogP contribution is 2.10. The standard InChI is InChI=1S/C12H28N.2BrH.H3N/c1-5-9-10-11-12-13(6-2,7-3)8-4;;;/h5-12H2,1-4H3;2*1H;1H3/q+1;;;/p-1. The van der Waals surface area contributed by atoms with E-state index in [-0.39, 0.29) is 40.1 Å². The van der Waals surface area contributed by atoms with E-state index in [9.17, 15) is 0 Å². The molecule has 0 saturated carbocycles. The van der Waals surface area contributed by atoms with Gasteiger partial charge in [-0.25, -0.2) is 0 Å². The van der Waals surface area contributed by atoms with E-state index in [1.807, 2.05) is 0 Å². The van der Waals surface area contributed by atoms with Crippen LogP contribution in [-0.4, -0.2) is 30.7 Å². The highest BCUT2D eigenvalue weighted by atomic mass is 79.9. The zero-order chi connectivity index (χ0) is 10.2. The Morgan fingerprint density at radius 1 is 0.688 bits per heavy atom. The van der Waals surface area contributed by atoms with Gasteiger partial charge in [0.2, 0.25) is 0 Å². The molecule has 0 saturated heterocycles. The lowest BCUT2D eigenvalue weighted by atomic mass is 10.2. The van der Waals surface area contributed by atoms with Gasteiger partial charge < -0.3 is 44.6 Å². The summed E-state index contributed by atoms with van der Waals surface area (Å²) in [6, 6.07) is 0. The maximum Gasteiger partial charge on any atom is 0.0786 e. The number of nitrogens with zero attached hydrogens (tertiary/aromatic N) is 1. The number of unbranched alkanes of at least 4 members (excludes halogenated alkanes) is 3. The van der Waals surface area contributed by atoms with Crippen LogP contribution in [0.1, 0.15) is 53.4 Å². The molecular formula is C12H32Br2N2. The van der Waals surface area contributed by atoms with Gasteiger partial charge in [-0.1, -0.05) is 19.8 Å². The van der Waals surface area contributed by atoms with Crippen LogP contribution in [0.25, 0.3) is 0 Å². The van der Waals surface area contributed by atoms with Gasteiger partial charge in [-0.05, 0) is 33.6 Å². The van der Waals surface area contributed by atoms with Crippen molar-refractivity contribution < 1.29 is 38.4 Å². The molecule has 0 aliphatic heterocycles. The van der Waals surface area contributed by atoms with Crippen molar-refractivity contribution >= 4 is 0 Å². The van der Waals surface area contributed by atoms with Crippen LogP contribution in [0.4, 0.5) is 0 Å². The largest absolute Gasteiger partial charge is 1.00 e. The van der Waals surface area contributed by atoms with Crippen LogP contribution in [0, 0.1) is 0 Å². The normalized spacial score (nSPS) is 9.75. The van der Waals surface area contributed by atoms with Crippen LogP contribution < -0.4 is 40.1 Å².